The first-order valence-electron chi connectivity index (χ1n) is 5.66. The zero-order valence-electron chi connectivity index (χ0n) is 9.89. The van der Waals surface area contributed by atoms with Crippen LogP contribution in [0.15, 0.2) is 28.7 Å². The quantitative estimate of drug-likeness (QED) is 0.637. The molecule has 1 nitrogen and oxygen atoms in total. The molecule has 0 spiro atoms. The van der Waals surface area contributed by atoms with Gasteiger partial charge in [0.1, 0.15) is 0 Å². The van der Waals surface area contributed by atoms with Gasteiger partial charge in [0.05, 0.1) is 0 Å². The lowest BCUT2D eigenvalue weighted by Crippen LogP contribution is -2.21. The van der Waals surface area contributed by atoms with Crippen LogP contribution in [-0.2, 0) is 0 Å². The number of hydrogen-bond donors (Lipinski definition) is 1. The highest BCUT2D eigenvalue weighted by Crippen LogP contribution is 2.20. The fourth-order valence-corrected chi connectivity index (χ4v) is 2.07. The molecule has 0 bridgehead atoms. The van der Waals surface area contributed by atoms with Crippen LogP contribution in [0.3, 0.4) is 0 Å². The normalized spacial score (nSPS) is 11.7. The average Bonchev–Trinajstić information content (AvgIpc) is 2.29. The molecular formula is C14H18BrN. The van der Waals surface area contributed by atoms with Crippen LogP contribution in [0.5, 0.6) is 0 Å². The molecule has 1 aromatic rings. The van der Waals surface area contributed by atoms with Crippen molar-refractivity contribution in [2.45, 2.75) is 32.7 Å². The summed E-state index contributed by atoms with van der Waals surface area (Å²) in [6.07, 6.45) is 2.01. The maximum Gasteiger partial charge on any atom is 0.0318 e. The van der Waals surface area contributed by atoms with Crippen LogP contribution in [0.4, 0.5) is 0 Å². The maximum absolute atomic E-state index is 3.52. The van der Waals surface area contributed by atoms with Crippen LogP contribution < -0.4 is 5.32 Å². The fourth-order valence-electron chi connectivity index (χ4n) is 1.66. The van der Waals surface area contributed by atoms with Gasteiger partial charge in [-0.2, -0.15) is 0 Å². The molecule has 0 aliphatic rings. The fraction of sp³-hybridized carbons (Fsp3) is 0.429. The van der Waals surface area contributed by atoms with Gasteiger partial charge in [0.25, 0.3) is 0 Å². The SMILES string of the molecule is CC#CCCNC(CC)c1cccc(Br)c1. The van der Waals surface area contributed by atoms with Crippen LogP contribution in [0.1, 0.15) is 38.3 Å². The Labute approximate surface area is 107 Å². The van der Waals surface area contributed by atoms with Gasteiger partial charge in [-0.25, -0.2) is 0 Å². The second-order valence-electron chi connectivity index (χ2n) is 3.65. The van der Waals surface area contributed by atoms with E-state index in [-0.39, 0.29) is 0 Å². The second-order valence-corrected chi connectivity index (χ2v) is 4.56. The number of benzene rings is 1. The number of rotatable bonds is 5. The summed E-state index contributed by atoms with van der Waals surface area (Å²) in [5, 5.41) is 3.52. The van der Waals surface area contributed by atoms with Crippen molar-refractivity contribution in [3.63, 3.8) is 0 Å². The summed E-state index contributed by atoms with van der Waals surface area (Å²) in [7, 11) is 0. The molecule has 0 saturated carbocycles. The molecule has 0 heterocycles. The van der Waals surface area contributed by atoms with Crippen molar-refractivity contribution >= 4 is 15.9 Å². The lowest BCUT2D eigenvalue weighted by atomic mass is 10.0. The topological polar surface area (TPSA) is 12.0 Å². The van der Waals surface area contributed by atoms with E-state index in [1.165, 1.54) is 5.56 Å². The van der Waals surface area contributed by atoms with Gasteiger partial charge < -0.3 is 5.32 Å². The Kier molecular flexibility index (Phi) is 6.22. The van der Waals surface area contributed by atoms with Crippen molar-refractivity contribution in [3.05, 3.63) is 34.3 Å². The van der Waals surface area contributed by atoms with E-state index in [0.717, 1.165) is 23.9 Å². The summed E-state index contributed by atoms with van der Waals surface area (Å²) in [4.78, 5) is 0. The summed E-state index contributed by atoms with van der Waals surface area (Å²) in [6, 6.07) is 8.90. The highest BCUT2D eigenvalue weighted by atomic mass is 79.9. The zero-order valence-corrected chi connectivity index (χ0v) is 11.5. The molecular weight excluding hydrogens is 262 g/mol. The molecule has 1 aromatic carbocycles. The highest BCUT2D eigenvalue weighted by molar-refractivity contribution is 9.10. The van der Waals surface area contributed by atoms with E-state index in [0.29, 0.717) is 6.04 Å². The van der Waals surface area contributed by atoms with E-state index in [1.54, 1.807) is 0 Å². The van der Waals surface area contributed by atoms with E-state index in [2.05, 4.69) is 64.3 Å². The number of hydrogen-bond acceptors (Lipinski definition) is 1. The lowest BCUT2D eigenvalue weighted by molar-refractivity contribution is 0.527. The van der Waals surface area contributed by atoms with Crippen LogP contribution in [-0.4, -0.2) is 6.54 Å². The van der Waals surface area contributed by atoms with Gasteiger partial charge in [0, 0.05) is 23.5 Å². The van der Waals surface area contributed by atoms with Crippen LogP contribution in [0.2, 0.25) is 0 Å². The lowest BCUT2D eigenvalue weighted by Gasteiger charge is -2.16. The van der Waals surface area contributed by atoms with Gasteiger partial charge in [-0.1, -0.05) is 35.0 Å². The molecule has 1 rings (SSSR count). The Balaban J connectivity index is 2.55. The van der Waals surface area contributed by atoms with E-state index in [4.69, 9.17) is 0 Å². The van der Waals surface area contributed by atoms with Crippen LogP contribution in [0.25, 0.3) is 0 Å². The van der Waals surface area contributed by atoms with Gasteiger partial charge in [0.15, 0.2) is 0 Å². The number of nitrogens with one attached hydrogen (secondary N) is 1. The molecule has 2 heteroatoms. The monoisotopic (exact) mass is 279 g/mol. The van der Waals surface area contributed by atoms with Crippen LogP contribution >= 0.6 is 15.9 Å². The third-order valence-electron chi connectivity index (χ3n) is 2.48. The summed E-state index contributed by atoms with van der Waals surface area (Å²) in [5.74, 6) is 5.98. The van der Waals surface area contributed by atoms with Gasteiger partial charge in [-0.05, 0) is 31.0 Å². The molecule has 1 atom stereocenters. The number of halogens is 1. The zero-order chi connectivity index (χ0) is 11.8. The molecule has 0 saturated heterocycles. The van der Waals surface area contributed by atoms with Crippen molar-refractivity contribution in [1.82, 2.24) is 5.32 Å². The minimum Gasteiger partial charge on any atom is -0.309 e. The van der Waals surface area contributed by atoms with Crippen molar-refractivity contribution in [3.8, 4) is 11.8 Å². The van der Waals surface area contributed by atoms with Crippen molar-refractivity contribution in [2.75, 3.05) is 6.54 Å². The smallest absolute Gasteiger partial charge is 0.0318 e. The van der Waals surface area contributed by atoms with Gasteiger partial charge in [0.2, 0.25) is 0 Å². The van der Waals surface area contributed by atoms with Crippen molar-refractivity contribution in [2.24, 2.45) is 0 Å². The predicted molar refractivity (Wildman–Crippen MR) is 73.2 cm³/mol. The molecule has 0 amide bonds. The molecule has 0 radical (unpaired) electrons. The largest absolute Gasteiger partial charge is 0.309 e. The van der Waals surface area contributed by atoms with E-state index >= 15 is 0 Å². The molecule has 16 heavy (non-hydrogen) atoms. The third-order valence-corrected chi connectivity index (χ3v) is 2.97. The molecule has 86 valence electrons. The van der Waals surface area contributed by atoms with E-state index in [1.807, 2.05) is 6.92 Å². The third kappa shape index (κ3) is 4.38. The Morgan fingerprint density at radius 3 is 2.88 bits per heavy atom. The first-order chi connectivity index (χ1) is 7.77. The van der Waals surface area contributed by atoms with Gasteiger partial charge >= 0.3 is 0 Å². The predicted octanol–water partition coefficient (Wildman–Crippen LogP) is 3.90. The molecule has 0 fully saturated rings. The minimum atomic E-state index is 0.427. The summed E-state index contributed by atoms with van der Waals surface area (Å²) >= 11 is 3.50. The molecule has 0 aliphatic carbocycles. The highest BCUT2D eigenvalue weighted by Gasteiger charge is 2.07. The molecule has 1 N–H and O–H groups in total. The maximum atomic E-state index is 3.52. The second kappa shape index (κ2) is 7.49. The first-order valence-corrected chi connectivity index (χ1v) is 6.45. The molecule has 0 aliphatic heterocycles. The Morgan fingerprint density at radius 1 is 1.44 bits per heavy atom. The minimum absolute atomic E-state index is 0.427. The van der Waals surface area contributed by atoms with Crippen LogP contribution in [0, 0.1) is 11.8 Å². The first kappa shape index (κ1) is 13.3. The van der Waals surface area contributed by atoms with Crippen molar-refractivity contribution in [1.29, 1.82) is 0 Å². The van der Waals surface area contributed by atoms with Gasteiger partial charge in [-0.15, -0.1) is 11.8 Å². The van der Waals surface area contributed by atoms with E-state index < -0.39 is 0 Å². The Bertz CT molecular complexity index is 376. The molecule has 1 unspecified atom stereocenters. The summed E-state index contributed by atoms with van der Waals surface area (Å²) < 4.78 is 1.14. The van der Waals surface area contributed by atoms with Crippen molar-refractivity contribution < 1.29 is 0 Å². The standard InChI is InChI=1S/C14H18BrN/c1-3-5-6-10-16-14(4-2)12-8-7-9-13(15)11-12/h7-9,11,14,16H,4,6,10H2,1-2H3. The average molecular weight is 280 g/mol. The van der Waals surface area contributed by atoms with Gasteiger partial charge in [-0.3, -0.25) is 0 Å². The Hall–Kier alpha value is -0.780. The van der Waals surface area contributed by atoms with E-state index in [9.17, 15) is 0 Å². The summed E-state index contributed by atoms with van der Waals surface area (Å²) in [5.41, 5.74) is 1.33. The summed E-state index contributed by atoms with van der Waals surface area (Å²) in [6.45, 7) is 5.03. The Morgan fingerprint density at radius 2 is 2.25 bits per heavy atom. The molecule has 0 aromatic heterocycles.